The van der Waals surface area contributed by atoms with Crippen LogP contribution in [0.3, 0.4) is 0 Å². The van der Waals surface area contributed by atoms with Gasteiger partial charge in [-0.2, -0.15) is 0 Å². The van der Waals surface area contributed by atoms with Crippen molar-refractivity contribution in [2.45, 2.75) is 27.3 Å². The molecule has 0 fully saturated rings. The zero-order valence-corrected chi connectivity index (χ0v) is 9.93. The third-order valence-electron chi connectivity index (χ3n) is 2.13. The summed E-state index contributed by atoms with van der Waals surface area (Å²) in [7, 11) is 0. The van der Waals surface area contributed by atoms with Crippen LogP contribution in [0, 0.1) is 12.8 Å². The third kappa shape index (κ3) is 4.64. The molecule has 1 aromatic rings. The van der Waals surface area contributed by atoms with Gasteiger partial charge in [0.05, 0.1) is 0 Å². The van der Waals surface area contributed by atoms with Gasteiger partial charge in [-0.05, 0) is 30.5 Å². The second-order valence-corrected chi connectivity index (χ2v) is 3.95. The molecule has 0 saturated carbocycles. The number of aryl methyl sites for hydroxylation is 1. The van der Waals surface area contributed by atoms with Crippen molar-refractivity contribution in [1.82, 2.24) is 5.32 Å². The number of hydrogen-bond donors (Lipinski definition) is 1. The maximum absolute atomic E-state index is 3.44. The SMILES string of the molecule is Cc1ccccc1CNCC(C)C.[Cl-]. The van der Waals surface area contributed by atoms with Crippen LogP contribution >= 0.6 is 0 Å². The molecule has 0 atom stereocenters. The molecule has 0 spiro atoms. The summed E-state index contributed by atoms with van der Waals surface area (Å²) < 4.78 is 0. The molecule has 1 N–H and O–H groups in total. The maximum atomic E-state index is 3.44. The molecular formula is C12H19ClN-. The van der Waals surface area contributed by atoms with Crippen LogP contribution in [0.2, 0.25) is 0 Å². The Kier molecular flexibility index (Phi) is 6.60. The van der Waals surface area contributed by atoms with Crippen molar-refractivity contribution < 1.29 is 12.4 Å². The highest BCUT2D eigenvalue weighted by Crippen LogP contribution is 2.06. The lowest BCUT2D eigenvalue weighted by atomic mass is 10.1. The molecule has 1 aromatic carbocycles. The molecule has 1 rings (SSSR count). The molecule has 0 unspecified atom stereocenters. The lowest BCUT2D eigenvalue weighted by Gasteiger charge is -2.09. The smallest absolute Gasteiger partial charge is 0.0208 e. The zero-order chi connectivity index (χ0) is 9.68. The summed E-state index contributed by atoms with van der Waals surface area (Å²) >= 11 is 0. The Morgan fingerprint density at radius 2 is 1.86 bits per heavy atom. The minimum Gasteiger partial charge on any atom is -1.00 e. The Labute approximate surface area is 93.3 Å². The van der Waals surface area contributed by atoms with Crippen molar-refractivity contribution in [2.24, 2.45) is 5.92 Å². The van der Waals surface area contributed by atoms with E-state index in [1.807, 2.05) is 0 Å². The number of benzene rings is 1. The van der Waals surface area contributed by atoms with E-state index in [2.05, 4.69) is 50.4 Å². The van der Waals surface area contributed by atoms with E-state index < -0.39 is 0 Å². The summed E-state index contributed by atoms with van der Waals surface area (Å²) in [6.45, 7) is 8.70. The lowest BCUT2D eigenvalue weighted by Crippen LogP contribution is -3.00. The molecule has 0 saturated heterocycles. The van der Waals surface area contributed by atoms with Gasteiger partial charge < -0.3 is 17.7 Å². The summed E-state index contributed by atoms with van der Waals surface area (Å²) in [4.78, 5) is 0. The largest absolute Gasteiger partial charge is 1.00 e. The van der Waals surface area contributed by atoms with Crippen LogP contribution in [0.15, 0.2) is 24.3 Å². The highest BCUT2D eigenvalue weighted by Gasteiger charge is 1.96. The second kappa shape index (κ2) is 6.86. The Bertz CT molecular complexity index is 258. The van der Waals surface area contributed by atoms with E-state index in [1.165, 1.54) is 11.1 Å². The van der Waals surface area contributed by atoms with Crippen molar-refractivity contribution in [3.8, 4) is 0 Å². The van der Waals surface area contributed by atoms with Crippen LogP contribution in [0.4, 0.5) is 0 Å². The minimum atomic E-state index is 0. The molecule has 0 bridgehead atoms. The average molecular weight is 213 g/mol. The molecule has 0 aliphatic carbocycles. The van der Waals surface area contributed by atoms with Gasteiger partial charge in [0.2, 0.25) is 0 Å². The van der Waals surface area contributed by atoms with Crippen LogP contribution in [0.1, 0.15) is 25.0 Å². The van der Waals surface area contributed by atoms with Gasteiger partial charge in [0, 0.05) is 6.54 Å². The van der Waals surface area contributed by atoms with Crippen molar-refractivity contribution in [3.05, 3.63) is 35.4 Å². The quantitative estimate of drug-likeness (QED) is 0.726. The van der Waals surface area contributed by atoms with Crippen molar-refractivity contribution in [3.63, 3.8) is 0 Å². The highest BCUT2D eigenvalue weighted by molar-refractivity contribution is 5.25. The minimum absolute atomic E-state index is 0. The Morgan fingerprint density at radius 1 is 1.21 bits per heavy atom. The summed E-state index contributed by atoms with van der Waals surface area (Å²) in [5.41, 5.74) is 2.78. The molecule has 0 radical (unpaired) electrons. The van der Waals surface area contributed by atoms with E-state index >= 15 is 0 Å². The summed E-state index contributed by atoms with van der Waals surface area (Å²) in [5.74, 6) is 0.726. The number of rotatable bonds is 4. The fraction of sp³-hybridized carbons (Fsp3) is 0.500. The van der Waals surface area contributed by atoms with Gasteiger partial charge in [-0.1, -0.05) is 38.1 Å². The first-order valence-corrected chi connectivity index (χ1v) is 4.95. The predicted molar refractivity (Wildman–Crippen MR) is 57.7 cm³/mol. The Morgan fingerprint density at radius 3 is 2.43 bits per heavy atom. The Balaban J connectivity index is 0.00000169. The molecule has 0 heterocycles. The monoisotopic (exact) mass is 212 g/mol. The van der Waals surface area contributed by atoms with Crippen LogP contribution in [0.5, 0.6) is 0 Å². The molecular weight excluding hydrogens is 194 g/mol. The van der Waals surface area contributed by atoms with Gasteiger partial charge in [0.25, 0.3) is 0 Å². The van der Waals surface area contributed by atoms with E-state index in [0.717, 1.165) is 19.0 Å². The van der Waals surface area contributed by atoms with Crippen molar-refractivity contribution in [2.75, 3.05) is 6.54 Å². The topological polar surface area (TPSA) is 12.0 Å². The summed E-state index contributed by atoms with van der Waals surface area (Å²) in [5, 5.41) is 3.44. The zero-order valence-electron chi connectivity index (χ0n) is 9.18. The molecule has 0 aliphatic heterocycles. The van der Waals surface area contributed by atoms with Gasteiger partial charge in [-0.25, -0.2) is 0 Å². The number of nitrogens with one attached hydrogen (secondary N) is 1. The molecule has 0 aromatic heterocycles. The number of hydrogen-bond acceptors (Lipinski definition) is 1. The van der Waals surface area contributed by atoms with E-state index in [0.29, 0.717) is 0 Å². The van der Waals surface area contributed by atoms with E-state index in [-0.39, 0.29) is 12.4 Å². The molecule has 14 heavy (non-hydrogen) atoms. The first-order chi connectivity index (χ1) is 6.20. The molecule has 2 heteroatoms. The van der Waals surface area contributed by atoms with Gasteiger partial charge in [0.15, 0.2) is 0 Å². The van der Waals surface area contributed by atoms with Crippen molar-refractivity contribution in [1.29, 1.82) is 0 Å². The van der Waals surface area contributed by atoms with Gasteiger partial charge in [0.1, 0.15) is 0 Å². The van der Waals surface area contributed by atoms with E-state index in [1.54, 1.807) is 0 Å². The average Bonchev–Trinajstić information content (AvgIpc) is 2.08. The lowest BCUT2D eigenvalue weighted by molar-refractivity contribution is -0.00000299. The molecule has 1 nitrogen and oxygen atoms in total. The van der Waals surface area contributed by atoms with Crippen LogP contribution < -0.4 is 17.7 Å². The van der Waals surface area contributed by atoms with Gasteiger partial charge in [-0.15, -0.1) is 0 Å². The third-order valence-corrected chi connectivity index (χ3v) is 2.13. The predicted octanol–water partition coefficient (Wildman–Crippen LogP) is -0.255. The van der Waals surface area contributed by atoms with Gasteiger partial charge >= 0.3 is 0 Å². The fourth-order valence-electron chi connectivity index (χ4n) is 1.30. The van der Waals surface area contributed by atoms with Crippen LogP contribution in [0.25, 0.3) is 0 Å². The Hall–Kier alpha value is -0.530. The molecule has 80 valence electrons. The van der Waals surface area contributed by atoms with Crippen molar-refractivity contribution >= 4 is 0 Å². The second-order valence-electron chi connectivity index (χ2n) is 3.95. The normalized spacial score (nSPS) is 10.0. The highest BCUT2D eigenvalue weighted by atomic mass is 35.5. The van der Waals surface area contributed by atoms with Crippen LogP contribution in [-0.4, -0.2) is 6.54 Å². The summed E-state index contributed by atoms with van der Waals surface area (Å²) in [6.07, 6.45) is 0. The molecule has 0 amide bonds. The van der Waals surface area contributed by atoms with E-state index in [9.17, 15) is 0 Å². The first-order valence-electron chi connectivity index (χ1n) is 4.95. The first kappa shape index (κ1) is 13.5. The van der Waals surface area contributed by atoms with Gasteiger partial charge in [-0.3, -0.25) is 0 Å². The van der Waals surface area contributed by atoms with E-state index in [4.69, 9.17) is 0 Å². The fourth-order valence-corrected chi connectivity index (χ4v) is 1.30. The molecule has 0 aliphatic rings. The van der Waals surface area contributed by atoms with Crippen LogP contribution in [-0.2, 0) is 6.54 Å². The standard InChI is InChI=1S/C12H19N.ClH/c1-10(2)8-13-9-12-7-5-4-6-11(12)3;/h4-7,10,13H,8-9H2,1-3H3;1H/p-1. The summed E-state index contributed by atoms with van der Waals surface area (Å²) in [6, 6.07) is 8.52. The number of halogens is 1. The maximum Gasteiger partial charge on any atom is 0.0208 e.